The third-order valence-electron chi connectivity index (χ3n) is 2.12. The Balaban J connectivity index is 3.09. The van der Waals surface area contributed by atoms with Crippen molar-refractivity contribution in [1.29, 1.82) is 0 Å². The van der Waals surface area contributed by atoms with Crippen molar-refractivity contribution in [2.24, 2.45) is 0 Å². The predicted molar refractivity (Wildman–Crippen MR) is 67.9 cm³/mol. The molecule has 0 saturated heterocycles. The second-order valence-corrected chi connectivity index (χ2v) is 3.99. The summed E-state index contributed by atoms with van der Waals surface area (Å²) in [5.41, 5.74) is 0.692. The second kappa shape index (κ2) is 5.37. The van der Waals surface area contributed by atoms with Gasteiger partial charge >= 0.3 is 0 Å². The van der Waals surface area contributed by atoms with Crippen LogP contribution in [0.3, 0.4) is 0 Å². The van der Waals surface area contributed by atoms with Gasteiger partial charge in [-0.25, -0.2) is 9.97 Å². The zero-order chi connectivity index (χ0) is 11.4. The van der Waals surface area contributed by atoms with Gasteiger partial charge in [0.15, 0.2) is 0 Å². The first kappa shape index (κ1) is 12.3. The highest BCUT2D eigenvalue weighted by Crippen LogP contribution is 2.20. The highest BCUT2D eigenvalue weighted by molar-refractivity contribution is 7.79. The molecule has 5 heteroatoms. The van der Waals surface area contributed by atoms with Gasteiger partial charge in [-0.2, -0.15) is 0 Å². The van der Waals surface area contributed by atoms with Crippen LogP contribution >= 0.6 is 23.8 Å². The van der Waals surface area contributed by atoms with E-state index in [1.165, 1.54) is 5.37 Å². The van der Waals surface area contributed by atoms with Crippen molar-refractivity contribution in [1.82, 2.24) is 9.97 Å². The average molecular weight is 244 g/mol. The quantitative estimate of drug-likeness (QED) is 0.652. The first-order valence-corrected chi connectivity index (χ1v) is 5.69. The number of aromatic nitrogens is 2. The van der Waals surface area contributed by atoms with Crippen LogP contribution in [-0.4, -0.2) is 21.4 Å². The highest BCUT2D eigenvalue weighted by Gasteiger charge is 2.10. The van der Waals surface area contributed by atoms with Crippen molar-refractivity contribution >= 4 is 35.0 Å². The summed E-state index contributed by atoms with van der Waals surface area (Å²) in [5, 5.41) is 5.17. The lowest BCUT2D eigenvalue weighted by Gasteiger charge is -2.14. The summed E-state index contributed by atoms with van der Waals surface area (Å²) in [7, 11) is 0. The van der Waals surface area contributed by atoms with Crippen LogP contribution in [0.2, 0.25) is 5.15 Å². The lowest BCUT2D eigenvalue weighted by molar-refractivity contribution is 0.757. The van der Waals surface area contributed by atoms with Crippen molar-refractivity contribution in [2.45, 2.75) is 33.2 Å². The number of hydrogen-bond acceptors (Lipinski definition) is 4. The third-order valence-corrected chi connectivity index (χ3v) is 2.65. The van der Waals surface area contributed by atoms with Gasteiger partial charge in [0.05, 0.1) is 5.56 Å². The normalized spacial score (nSPS) is 12.3. The molecule has 1 aromatic heterocycles. The fraction of sp³-hybridized carbons (Fsp3) is 0.500. The summed E-state index contributed by atoms with van der Waals surface area (Å²) in [6.45, 7) is 5.99. The number of hydrogen-bond donors (Lipinski definition) is 1. The molecule has 1 N–H and O–H groups in total. The van der Waals surface area contributed by atoms with Crippen LogP contribution in [-0.2, 0) is 0 Å². The number of nitrogens with zero attached hydrogens (tertiary/aromatic N) is 2. The number of nitrogens with one attached hydrogen (secondary N) is 1. The van der Waals surface area contributed by atoms with E-state index in [0.29, 0.717) is 22.6 Å². The number of anilines is 1. The molecule has 0 aliphatic heterocycles. The smallest absolute Gasteiger partial charge is 0.142 e. The van der Waals surface area contributed by atoms with Crippen LogP contribution in [0.4, 0.5) is 5.82 Å². The van der Waals surface area contributed by atoms with Crippen LogP contribution in [0, 0.1) is 6.92 Å². The van der Waals surface area contributed by atoms with Gasteiger partial charge in [0.2, 0.25) is 0 Å². The van der Waals surface area contributed by atoms with Crippen molar-refractivity contribution in [3.63, 3.8) is 0 Å². The van der Waals surface area contributed by atoms with Gasteiger partial charge in [0, 0.05) is 11.4 Å². The summed E-state index contributed by atoms with van der Waals surface area (Å²) in [4.78, 5) is 8.34. The molecule has 1 aromatic rings. The lowest BCUT2D eigenvalue weighted by atomic mass is 10.2. The Hall–Kier alpha value is -0.740. The number of halogens is 1. The van der Waals surface area contributed by atoms with Gasteiger partial charge in [-0.3, -0.25) is 0 Å². The Labute approximate surface area is 100 Å². The Morgan fingerprint density at radius 1 is 1.53 bits per heavy atom. The lowest BCUT2D eigenvalue weighted by Crippen LogP contribution is -2.17. The van der Waals surface area contributed by atoms with E-state index in [4.69, 9.17) is 23.8 Å². The average Bonchev–Trinajstić information content (AvgIpc) is 2.17. The molecule has 0 aliphatic carbocycles. The minimum absolute atomic E-state index is 0.337. The molecule has 0 fully saturated rings. The Morgan fingerprint density at radius 3 is 2.73 bits per heavy atom. The van der Waals surface area contributed by atoms with Gasteiger partial charge in [0.1, 0.15) is 16.8 Å². The number of aryl methyl sites for hydroxylation is 1. The van der Waals surface area contributed by atoms with Crippen molar-refractivity contribution < 1.29 is 0 Å². The maximum Gasteiger partial charge on any atom is 0.142 e. The van der Waals surface area contributed by atoms with E-state index in [9.17, 15) is 0 Å². The summed E-state index contributed by atoms with van der Waals surface area (Å²) in [5.74, 6) is 1.36. The van der Waals surface area contributed by atoms with Crippen LogP contribution < -0.4 is 5.32 Å². The Morgan fingerprint density at radius 2 is 2.20 bits per heavy atom. The van der Waals surface area contributed by atoms with Gasteiger partial charge in [-0.1, -0.05) is 30.7 Å². The summed E-state index contributed by atoms with van der Waals surface area (Å²) in [6.07, 6.45) is 1.01. The molecule has 3 nitrogen and oxygen atoms in total. The van der Waals surface area contributed by atoms with Gasteiger partial charge in [-0.15, -0.1) is 0 Å². The standard InChI is InChI=1S/C10H14ClN3S/c1-4-6(2)12-10-8(5-15)9(11)13-7(3)14-10/h5-6H,4H2,1-3H3,(H,12,13,14). The fourth-order valence-electron chi connectivity index (χ4n) is 1.10. The van der Waals surface area contributed by atoms with E-state index in [1.54, 1.807) is 6.92 Å². The van der Waals surface area contributed by atoms with Crippen LogP contribution in [0.1, 0.15) is 31.7 Å². The molecule has 1 atom stereocenters. The van der Waals surface area contributed by atoms with Crippen LogP contribution in [0.25, 0.3) is 0 Å². The van der Waals surface area contributed by atoms with Gasteiger partial charge in [0.25, 0.3) is 0 Å². The second-order valence-electron chi connectivity index (χ2n) is 3.40. The van der Waals surface area contributed by atoms with Crippen LogP contribution in [0.5, 0.6) is 0 Å². The SMILES string of the molecule is CCC(C)Nc1nc(C)nc(Cl)c1C=S. The Bertz CT molecular complexity index is 368. The van der Waals surface area contributed by atoms with E-state index in [1.807, 2.05) is 0 Å². The number of rotatable bonds is 4. The minimum Gasteiger partial charge on any atom is -0.367 e. The largest absolute Gasteiger partial charge is 0.367 e. The molecule has 0 aromatic carbocycles. The van der Waals surface area contributed by atoms with E-state index < -0.39 is 0 Å². The van der Waals surface area contributed by atoms with Gasteiger partial charge < -0.3 is 5.32 Å². The molecule has 0 aliphatic rings. The molecule has 15 heavy (non-hydrogen) atoms. The topological polar surface area (TPSA) is 37.8 Å². The molecule has 0 spiro atoms. The molecule has 82 valence electrons. The molecule has 1 rings (SSSR count). The van der Waals surface area contributed by atoms with E-state index in [0.717, 1.165) is 12.2 Å². The molecule has 0 amide bonds. The zero-order valence-corrected chi connectivity index (χ0v) is 10.6. The maximum absolute atomic E-state index is 5.97. The van der Waals surface area contributed by atoms with Gasteiger partial charge in [-0.05, 0) is 20.3 Å². The summed E-state index contributed by atoms with van der Waals surface area (Å²) in [6, 6.07) is 0.337. The highest BCUT2D eigenvalue weighted by atomic mass is 35.5. The predicted octanol–water partition coefficient (Wildman–Crippen LogP) is 3.00. The molecular weight excluding hydrogens is 230 g/mol. The molecule has 0 saturated carbocycles. The van der Waals surface area contributed by atoms with E-state index >= 15 is 0 Å². The fourth-order valence-corrected chi connectivity index (χ4v) is 1.65. The molecule has 0 radical (unpaired) electrons. The molecule has 1 unspecified atom stereocenters. The maximum atomic E-state index is 5.97. The Kier molecular flexibility index (Phi) is 4.42. The van der Waals surface area contributed by atoms with E-state index in [2.05, 4.69) is 29.1 Å². The molecule has 1 heterocycles. The third kappa shape index (κ3) is 3.11. The summed E-state index contributed by atoms with van der Waals surface area (Å²) >= 11 is 10.9. The molecule has 0 bridgehead atoms. The van der Waals surface area contributed by atoms with Crippen molar-refractivity contribution in [2.75, 3.05) is 5.32 Å². The number of thiocarbonyl (C=S) groups is 1. The van der Waals surface area contributed by atoms with Crippen molar-refractivity contribution in [3.05, 3.63) is 16.5 Å². The van der Waals surface area contributed by atoms with E-state index in [-0.39, 0.29) is 0 Å². The first-order valence-electron chi connectivity index (χ1n) is 4.84. The van der Waals surface area contributed by atoms with Crippen LogP contribution in [0.15, 0.2) is 0 Å². The minimum atomic E-state index is 0.337. The zero-order valence-electron chi connectivity index (χ0n) is 9.04. The first-order chi connectivity index (χ1) is 7.08. The monoisotopic (exact) mass is 243 g/mol. The molecular formula is C10H14ClN3S. The van der Waals surface area contributed by atoms with Crippen molar-refractivity contribution in [3.8, 4) is 0 Å². The summed E-state index contributed by atoms with van der Waals surface area (Å²) < 4.78 is 0.